The van der Waals surface area contributed by atoms with Gasteiger partial charge in [0.1, 0.15) is 18.1 Å². The maximum absolute atomic E-state index is 6.12. The minimum atomic E-state index is 0.00358. The average molecular weight is 271 g/mol. The van der Waals surface area contributed by atoms with Gasteiger partial charge in [0.15, 0.2) is 0 Å². The number of para-hydroxylation sites is 2. The highest BCUT2D eigenvalue weighted by atomic mass is 16.5. The third-order valence-corrected chi connectivity index (χ3v) is 3.33. The first kappa shape index (κ1) is 14.4. The molecule has 0 fully saturated rings. The Morgan fingerprint density at radius 3 is 2.35 bits per heavy atom. The molecule has 0 aromatic heterocycles. The summed E-state index contributed by atoms with van der Waals surface area (Å²) < 4.78 is 11.3. The van der Waals surface area contributed by atoms with Crippen LogP contribution in [0, 0.1) is 0 Å². The molecule has 0 spiro atoms. The van der Waals surface area contributed by atoms with Gasteiger partial charge in [-0.25, -0.2) is 0 Å². The standard InChI is InChI=1S/C17H21NO2/c1-3-15(18)14-9-5-7-11-17(14)20-12-13-8-4-6-10-16(13)19-2/h4-11,15H,3,12,18H2,1-2H3/t15-/m0/s1. The molecule has 0 aliphatic heterocycles. The molecule has 2 aromatic rings. The van der Waals surface area contributed by atoms with Crippen LogP contribution >= 0.6 is 0 Å². The summed E-state index contributed by atoms with van der Waals surface area (Å²) in [4.78, 5) is 0. The number of hydrogen-bond donors (Lipinski definition) is 1. The summed E-state index contributed by atoms with van der Waals surface area (Å²) >= 11 is 0. The van der Waals surface area contributed by atoms with Crippen LogP contribution in [0.3, 0.4) is 0 Å². The Kier molecular flexibility index (Phi) is 5.02. The lowest BCUT2D eigenvalue weighted by Gasteiger charge is -2.16. The molecule has 2 aromatic carbocycles. The Balaban J connectivity index is 2.15. The first-order valence-electron chi connectivity index (χ1n) is 6.85. The minimum absolute atomic E-state index is 0.00358. The zero-order valence-corrected chi connectivity index (χ0v) is 12.0. The highest BCUT2D eigenvalue weighted by Crippen LogP contribution is 2.27. The van der Waals surface area contributed by atoms with E-state index in [1.54, 1.807) is 7.11 Å². The number of rotatable bonds is 6. The predicted octanol–water partition coefficient (Wildman–Crippen LogP) is 3.68. The van der Waals surface area contributed by atoms with Crippen LogP contribution in [0.15, 0.2) is 48.5 Å². The largest absolute Gasteiger partial charge is 0.496 e. The zero-order chi connectivity index (χ0) is 14.4. The smallest absolute Gasteiger partial charge is 0.125 e. The summed E-state index contributed by atoms with van der Waals surface area (Å²) in [6, 6.07) is 15.8. The third kappa shape index (κ3) is 3.31. The fourth-order valence-electron chi connectivity index (χ4n) is 2.12. The molecular weight excluding hydrogens is 250 g/mol. The van der Waals surface area contributed by atoms with Crippen LogP contribution in [0.5, 0.6) is 11.5 Å². The quantitative estimate of drug-likeness (QED) is 0.871. The van der Waals surface area contributed by atoms with Crippen molar-refractivity contribution in [2.45, 2.75) is 26.0 Å². The van der Waals surface area contributed by atoms with Crippen LogP contribution in [-0.2, 0) is 6.61 Å². The summed E-state index contributed by atoms with van der Waals surface area (Å²) in [6.45, 7) is 2.54. The summed E-state index contributed by atoms with van der Waals surface area (Å²) in [5, 5.41) is 0. The fourth-order valence-corrected chi connectivity index (χ4v) is 2.12. The number of ether oxygens (including phenoxy) is 2. The van der Waals surface area contributed by atoms with E-state index in [2.05, 4.69) is 6.92 Å². The van der Waals surface area contributed by atoms with Gasteiger partial charge in [0.2, 0.25) is 0 Å². The maximum Gasteiger partial charge on any atom is 0.125 e. The van der Waals surface area contributed by atoms with Gasteiger partial charge in [0.05, 0.1) is 7.11 Å². The van der Waals surface area contributed by atoms with Gasteiger partial charge in [0, 0.05) is 17.2 Å². The molecule has 3 nitrogen and oxygen atoms in total. The van der Waals surface area contributed by atoms with Crippen molar-refractivity contribution in [3.8, 4) is 11.5 Å². The normalized spacial score (nSPS) is 11.9. The molecule has 2 rings (SSSR count). The SMILES string of the molecule is CC[C@H](N)c1ccccc1OCc1ccccc1OC. The van der Waals surface area contributed by atoms with Gasteiger partial charge < -0.3 is 15.2 Å². The number of benzene rings is 2. The van der Waals surface area contributed by atoms with E-state index in [-0.39, 0.29) is 6.04 Å². The molecular formula is C17H21NO2. The Bertz CT molecular complexity index is 554. The first-order valence-corrected chi connectivity index (χ1v) is 6.85. The molecule has 20 heavy (non-hydrogen) atoms. The Morgan fingerprint density at radius 2 is 1.65 bits per heavy atom. The molecule has 3 heteroatoms. The minimum Gasteiger partial charge on any atom is -0.496 e. The summed E-state index contributed by atoms with van der Waals surface area (Å²) in [6.07, 6.45) is 0.884. The van der Waals surface area contributed by atoms with Gasteiger partial charge in [-0.1, -0.05) is 43.3 Å². The van der Waals surface area contributed by atoms with Crippen molar-refractivity contribution in [2.24, 2.45) is 5.73 Å². The van der Waals surface area contributed by atoms with Gasteiger partial charge in [-0.05, 0) is 18.6 Å². The van der Waals surface area contributed by atoms with Crippen LogP contribution in [0.2, 0.25) is 0 Å². The van der Waals surface area contributed by atoms with Crippen LogP contribution in [0.25, 0.3) is 0 Å². The van der Waals surface area contributed by atoms with E-state index < -0.39 is 0 Å². The Morgan fingerprint density at radius 1 is 1.00 bits per heavy atom. The Hall–Kier alpha value is -2.00. The molecule has 0 amide bonds. The molecule has 0 aliphatic carbocycles. The molecule has 106 valence electrons. The van der Waals surface area contributed by atoms with Crippen molar-refractivity contribution < 1.29 is 9.47 Å². The van der Waals surface area contributed by atoms with E-state index in [1.807, 2.05) is 48.5 Å². The fraction of sp³-hybridized carbons (Fsp3) is 0.294. The van der Waals surface area contributed by atoms with Crippen molar-refractivity contribution in [1.82, 2.24) is 0 Å². The molecule has 0 saturated carbocycles. The second kappa shape index (κ2) is 6.96. The van der Waals surface area contributed by atoms with E-state index >= 15 is 0 Å². The molecule has 0 radical (unpaired) electrons. The molecule has 0 aliphatic rings. The molecule has 0 bridgehead atoms. The number of nitrogens with two attached hydrogens (primary N) is 1. The lowest BCUT2D eigenvalue weighted by molar-refractivity contribution is 0.292. The predicted molar refractivity (Wildman–Crippen MR) is 81.0 cm³/mol. The molecule has 0 heterocycles. The van der Waals surface area contributed by atoms with Crippen LogP contribution in [0.1, 0.15) is 30.5 Å². The highest BCUT2D eigenvalue weighted by molar-refractivity contribution is 5.37. The van der Waals surface area contributed by atoms with Gasteiger partial charge in [-0.3, -0.25) is 0 Å². The monoisotopic (exact) mass is 271 g/mol. The summed E-state index contributed by atoms with van der Waals surface area (Å²) in [5.74, 6) is 1.68. The second-order valence-corrected chi connectivity index (χ2v) is 4.65. The van der Waals surface area contributed by atoms with Gasteiger partial charge in [-0.2, -0.15) is 0 Å². The topological polar surface area (TPSA) is 44.5 Å². The molecule has 0 saturated heterocycles. The Labute approximate surface area is 120 Å². The van der Waals surface area contributed by atoms with Gasteiger partial charge in [-0.15, -0.1) is 0 Å². The van der Waals surface area contributed by atoms with Crippen molar-refractivity contribution in [3.05, 3.63) is 59.7 Å². The summed E-state index contributed by atoms with van der Waals surface area (Å²) in [7, 11) is 1.67. The second-order valence-electron chi connectivity index (χ2n) is 4.65. The van der Waals surface area contributed by atoms with E-state index in [0.717, 1.165) is 29.0 Å². The molecule has 0 unspecified atom stereocenters. The number of hydrogen-bond acceptors (Lipinski definition) is 3. The van der Waals surface area contributed by atoms with E-state index in [0.29, 0.717) is 6.61 Å². The van der Waals surface area contributed by atoms with Crippen molar-refractivity contribution in [3.63, 3.8) is 0 Å². The van der Waals surface area contributed by atoms with E-state index in [9.17, 15) is 0 Å². The van der Waals surface area contributed by atoms with Gasteiger partial charge in [0.25, 0.3) is 0 Å². The van der Waals surface area contributed by atoms with Crippen LogP contribution in [0.4, 0.5) is 0 Å². The lowest BCUT2D eigenvalue weighted by Crippen LogP contribution is -2.11. The van der Waals surface area contributed by atoms with Crippen LogP contribution < -0.4 is 15.2 Å². The van der Waals surface area contributed by atoms with E-state index in [4.69, 9.17) is 15.2 Å². The molecule has 1 atom stereocenters. The number of methoxy groups -OCH3 is 1. The van der Waals surface area contributed by atoms with Crippen LogP contribution in [-0.4, -0.2) is 7.11 Å². The first-order chi connectivity index (χ1) is 9.76. The van der Waals surface area contributed by atoms with Crippen molar-refractivity contribution in [1.29, 1.82) is 0 Å². The third-order valence-electron chi connectivity index (χ3n) is 3.33. The van der Waals surface area contributed by atoms with Gasteiger partial charge >= 0.3 is 0 Å². The van der Waals surface area contributed by atoms with Crippen molar-refractivity contribution >= 4 is 0 Å². The average Bonchev–Trinajstić information content (AvgIpc) is 2.52. The zero-order valence-electron chi connectivity index (χ0n) is 12.0. The highest BCUT2D eigenvalue weighted by Gasteiger charge is 2.10. The lowest BCUT2D eigenvalue weighted by atomic mass is 10.0. The molecule has 2 N–H and O–H groups in total. The summed E-state index contributed by atoms with van der Waals surface area (Å²) in [5.41, 5.74) is 8.18. The van der Waals surface area contributed by atoms with Crippen molar-refractivity contribution in [2.75, 3.05) is 7.11 Å². The maximum atomic E-state index is 6.12. The van der Waals surface area contributed by atoms with E-state index in [1.165, 1.54) is 0 Å².